The van der Waals surface area contributed by atoms with Gasteiger partial charge in [-0.1, -0.05) is 24.3 Å². The molecule has 2 aliphatic rings. The second-order valence-corrected chi connectivity index (χ2v) is 9.15. The van der Waals surface area contributed by atoms with Gasteiger partial charge in [-0.2, -0.15) is 0 Å². The Morgan fingerprint density at radius 3 is 2.69 bits per heavy atom. The Balaban J connectivity index is 1.23. The van der Waals surface area contributed by atoms with Gasteiger partial charge in [-0.05, 0) is 80.2 Å². The molecule has 0 bridgehead atoms. The second kappa shape index (κ2) is 10.3. The molecule has 3 heterocycles. The van der Waals surface area contributed by atoms with Gasteiger partial charge in [0.25, 0.3) is 11.8 Å². The molecule has 7 nitrogen and oxygen atoms in total. The van der Waals surface area contributed by atoms with Crippen molar-refractivity contribution in [3.8, 4) is 5.75 Å². The Bertz CT molecular complexity index is 1210. The first-order chi connectivity index (χ1) is 17.1. The lowest BCUT2D eigenvalue weighted by atomic mass is 9.83. The second-order valence-electron chi connectivity index (χ2n) is 9.15. The first kappa shape index (κ1) is 23.1. The minimum Gasteiger partial charge on any atom is -0.482 e. The van der Waals surface area contributed by atoms with E-state index in [0.717, 1.165) is 60.6 Å². The van der Waals surface area contributed by atoms with E-state index in [-0.39, 0.29) is 18.4 Å². The van der Waals surface area contributed by atoms with Crippen LogP contribution in [-0.2, 0) is 4.79 Å². The van der Waals surface area contributed by atoms with Crippen LogP contribution in [-0.4, -0.2) is 54.5 Å². The smallest absolute Gasteiger partial charge is 0.265 e. The van der Waals surface area contributed by atoms with Crippen LogP contribution in [0.1, 0.15) is 40.2 Å². The van der Waals surface area contributed by atoms with Crippen molar-refractivity contribution < 1.29 is 14.3 Å². The number of fused-ring (bicyclic) bond motifs is 1. The van der Waals surface area contributed by atoms with Crippen molar-refractivity contribution in [2.45, 2.75) is 25.7 Å². The summed E-state index contributed by atoms with van der Waals surface area (Å²) in [5.41, 5.74) is 4.58. The largest absolute Gasteiger partial charge is 0.482 e. The quantitative estimate of drug-likeness (QED) is 0.583. The fourth-order valence-electron chi connectivity index (χ4n) is 5.14. The number of para-hydroxylation sites is 2. The molecule has 0 atom stereocenters. The molecule has 0 saturated carbocycles. The van der Waals surface area contributed by atoms with Crippen molar-refractivity contribution >= 4 is 23.2 Å². The summed E-state index contributed by atoms with van der Waals surface area (Å²) >= 11 is 0. The number of pyridine rings is 1. The lowest BCUT2D eigenvalue weighted by Gasteiger charge is -2.36. The Morgan fingerprint density at radius 1 is 1.06 bits per heavy atom. The predicted octanol–water partition coefficient (Wildman–Crippen LogP) is 4.25. The van der Waals surface area contributed by atoms with Gasteiger partial charge in [0.2, 0.25) is 0 Å². The molecule has 0 unspecified atom stereocenters. The maximum absolute atomic E-state index is 13.1. The first-order valence-corrected chi connectivity index (χ1v) is 12.2. The van der Waals surface area contributed by atoms with Gasteiger partial charge in [0.15, 0.2) is 6.61 Å². The summed E-state index contributed by atoms with van der Waals surface area (Å²) in [6.07, 6.45) is 5.30. The van der Waals surface area contributed by atoms with Gasteiger partial charge in [0.1, 0.15) is 5.75 Å². The van der Waals surface area contributed by atoms with Crippen LogP contribution >= 0.6 is 0 Å². The SMILES string of the molecule is Cc1cccc(C(=O)Nc2cccnc2)c1C1CCN(CCN2C(=O)COc3ccccc32)CC1. The molecule has 180 valence electrons. The monoisotopic (exact) mass is 470 g/mol. The Labute approximate surface area is 205 Å². The molecule has 7 heteroatoms. The molecule has 2 amide bonds. The maximum atomic E-state index is 13.1. The number of anilines is 2. The summed E-state index contributed by atoms with van der Waals surface area (Å²) in [6, 6.07) is 17.3. The van der Waals surface area contributed by atoms with Gasteiger partial charge in [0.05, 0.1) is 17.6 Å². The van der Waals surface area contributed by atoms with Gasteiger partial charge >= 0.3 is 0 Å². The number of hydrogen-bond donors (Lipinski definition) is 1. The molecule has 2 aromatic carbocycles. The molecular formula is C28H30N4O3. The van der Waals surface area contributed by atoms with Crippen molar-refractivity contribution in [2.75, 3.05) is 43.0 Å². The highest BCUT2D eigenvalue weighted by molar-refractivity contribution is 6.05. The van der Waals surface area contributed by atoms with Crippen molar-refractivity contribution in [1.82, 2.24) is 9.88 Å². The zero-order chi connectivity index (χ0) is 24.2. The molecule has 0 radical (unpaired) electrons. The number of hydrogen-bond acceptors (Lipinski definition) is 5. The maximum Gasteiger partial charge on any atom is 0.265 e. The lowest BCUT2D eigenvalue weighted by Crippen LogP contribution is -2.45. The zero-order valence-corrected chi connectivity index (χ0v) is 19.9. The number of nitrogens with zero attached hydrogens (tertiary/aromatic N) is 3. The molecule has 1 N–H and O–H groups in total. The first-order valence-electron chi connectivity index (χ1n) is 12.2. The topological polar surface area (TPSA) is 74.8 Å². The Morgan fingerprint density at radius 2 is 1.89 bits per heavy atom. The van der Waals surface area contributed by atoms with E-state index in [1.165, 1.54) is 0 Å². The third-order valence-electron chi connectivity index (χ3n) is 6.93. The van der Waals surface area contributed by atoms with Crippen LogP contribution in [0.2, 0.25) is 0 Å². The molecule has 1 aromatic heterocycles. The molecular weight excluding hydrogens is 440 g/mol. The van der Waals surface area contributed by atoms with Gasteiger partial charge in [0, 0.05) is 24.8 Å². The number of nitrogens with one attached hydrogen (secondary N) is 1. The van der Waals surface area contributed by atoms with Crippen molar-refractivity contribution in [3.05, 3.63) is 83.7 Å². The zero-order valence-electron chi connectivity index (χ0n) is 19.9. The van der Waals surface area contributed by atoms with Crippen LogP contribution in [0.3, 0.4) is 0 Å². The number of rotatable bonds is 6. The third kappa shape index (κ3) is 5.05. The van der Waals surface area contributed by atoms with E-state index < -0.39 is 0 Å². The van der Waals surface area contributed by atoms with Crippen molar-refractivity contribution in [1.29, 1.82) is 0 Å². The van der Waals surface area contributed by atoms with Crippen LogP contribution in [0.25, 0.3) is 0 Å². The summed E-state index contributed by atoms with van der Waals surface area (Å²) in [6.45, 7) is 5.51. The van der Waals surface area contributed by atoms with E-state index in [1.807, 2.05) is 53.4 Å². The highest BCUT2D eigenvalue weighted by Crippen LogP contribution is 2.34. The summed E-state index contributed by atoms with van der Waals surface area (Å²) in [5, 5.41) is 2.98. The number of benzene rings is 2. The molecule has 0 aliphatic carbocycles. The summed E-state index contributed by atoms with van der Waals surface area (Å²) < 4.78 is 5.56. The van der Waals surface area contributed by atoms with E-state index in [1.54, 1.807) is 12.4 Å². The van der Waals surface area contributed by atoms with Crippen LogP contribution in [0.4, 0.5) is 11.4 Å². The number of aryl methyl sites for hydroxylation is 1. The van der Waals surface area contributed by atoms with E-state index in [2.05, 4.69) is 28.2 Å². The molecule has 0 spiro atoms. The van der Waals surface area contributed by atoms with Crippen LogP contribution in [0.15, 0.2) is 67.0 Å². The molecule has 5 rings (SSSR count). The number of amides is 2. The summed E-state index contributed by atoms with van der Waals surface area (Å²) in [7, 11) is 0. The lowest BCUT2D eigenvalue weighted by molar-refractivity contribution is -0.121. The molecule has 1 fully saturated rings. The summed E-state index contributed by atoms with van der Waals surface area (Å²) in [5.74, 6) is 1.00. The van der Waals surface area contributed by atoms with E-state index in [9.17, 15) is 9.59 Å². The van der Waals surface area contributed by atoms with Crippen LogP contribution < -0.4 is 15.0 Å². The highest BCUT2D eigenvalue weighted by atomic mass is 16.5. The minimum atomic E-state index is -0.0939. The standard InChI is InChI=1S/C28H30N4O3/c1-20-6-4-8-23(28(34)30-22-7-5-13-29-18-22)27(20)21-11-14-31(15-12-21)16-17-32-24-9-2-3-10-25(24)35-19-26(32)33/h2-10,13,18,21H,11-12,14-17,19H2,1H3,(H,30,34). The van der Waals surface area contributed by atoms with Gasteiger partial charge in [-0.15, -0.1) is 0 Å². The third-order valence-corrected chi connectivity index (χ3v) is 6.93. The summed E-state index contributed by atoms with van der Waals surface area (Å²) in [4.78, 5) is 33.9. The number of carbonyl (C=O) groups is 2. The number of piperidine rings is 1. The predicted molar refractivity (Wildman–Crippen MR) is 136 cm³/mol. The van der Waals surface area contributed by atoms with Crippen LogP contribution in [0.5, 0.6) is 5.75 Å². The number of likely N-dealkylation sites (tertiary alicyclic amines) is 1. The molecule has 2 aliphatic heterocycles. The Kier molecular flexibility index (Phi) is 6.77. The molecule has 1 saturated heterocycles. The van der Waals surface area contributed by atoms with Gasteiger partial charge < -0.3 is 19.9 Å². The average molecular weight is 471 g/mol. The number of aromatic nitrogens is 1. The minimum absolute atomic E-state index is 0.00256. The molecule has 3 aromatic rings. The Hall–Kier alpha value is -3.71. The normalized spacial score (nSPS) is 16.5. The van der Waals surface area contributed by atoms with Crippen LogP contribution in [0, 0.1) is 6.92 Å². The highest BCUT2D eigenvalue weighted by Gasteiger charge is 2.28. The van der Waals surface area contributed by atoms with Gasteiger partial charge in [-0.25, -0.2) is 0 Å². The van der Waals surface area contributed by atoms with E-state index in [4.69, 9.17) is 4.74 Å². The molecule has 35 heavy (non-hydrogen) atoms. The van der Waals surface area contributed by atoms with Gasteiger partial charge in [-0.3, -0.25) is 14.6 Å². The van der Waals surface area contributed by atoms with Crippen molar-refractivity contribution in [2.24, 2.45) is 0 Å². The fraction of sp³-hybridized carbons (Fsp3) is 0.321. The average Bonchev–Trinajstić information content (AvgIpc) is 2.89. The number of ether oxygens (including phenoxy) is 1. The van der Waals surface area contributed by atoms with Crippen molar-refractivity contribution in [3.63, 3.8) is 0 Å². The number of carbonyl (C=O) groups excluding carboxylic acids is 2. The van der Waals surface area contributed by atoms with E-state index in [0.29, 0.717) is 18.2 Å². The fourth-order valence-corrected chi connectivity index (χ4v) is 5.14. The van der Waals surface area contributed by atoms with E-state index >= 15 is 0 Å².